The summed E-state index contributed by atoms with van der Waals surface area (Å²) in [5.41, 5.74) is 1.47. The van der Waals surface area contributed by atoms with Crippen molar-refractivity contribution in [1.82, 2.24) is 9.72 Å². The lowest BCUT2D eigenvalue weighted by atomic mass is 10.0. The van der Waals surface area contributed by atoms with Crippen molar-refractivity contribution < 1.29 is 29.0 Å². The number of rotatable bonds is 19. The number of carboxylic acids is 1. The fourth-order valence-electron chi connectivity index (χ4n) is 5.35. The predicted molar refractivity (Wildman–Crippen MR) is 186 cm³/mol. The number of aromatic nitrogens is 1. The van der Waals surface area contributed by atoms with Crippen molar-refractivity contribution in [3.63, 3.8) is 0 Å². The number of halogens is 1. The number of carboxylic acid groups (broad SMARTS) is 1. The number of carbonyl (C=O) groups excluding carboxylic acids is 3. The molecule has 0 spiro atoms. The number of amides is 2. The summed E-state index contributed by atoms with van der Waals surface area (Å²) in [6, 6.07) is 10.1. The summed E-state index contributed by atoms with van der Waals surface area (Å²) >= 11 is 7.94. The predicted octanol–water partition coefficient (Wildman–Crippen LogP) is 8.58. The lowest BCUT2D eigenvalue weighted by molar-refractivity contribution is -0.120. The first-order chi connectivity index (χ1) is 22.7. The molecule has 250 valence electrons. The summed E-state index contributed by atoms with van der Waals surface area (Å²) in [6.45, 7) is 4.58. The molecule has 4 rings (SSSR count). The first-order valence-electron chi connectivity index (χ1n) is 16.2. The minimum absolute atomic E-state index is 0.0394. The van der Waals surface area contributed by atoms with Gasteiger partial charge in [0.15, 0.2) is 0 Å². The molecule has 2 aromatic carbocycles. The maximum atomic E-state index is 13.8. The first kappa shape index (κ1) is 35.7. The zero-order valence-corrected chi connectivity index (χ0v) is 28.4. The van der Waals surface area contributed by atoms with Gasteiger partial charge in [0.05, 0.1) is 16.3 Å². The monoisotopic (exact) mass is 679 g/mol. The lowest BCUT2D eigenvalue weighted by Crippen LogP contribution is -2.40. The molecule has 2 heterocycles. The molecule has 2 aromatic heterocycles. The van der Waals surface area contributed by atoms with Crippen LogP contribution in [0.1, 0.15) is 108 Å². The number of nitrogens with zero attached hydrogens (tertiary/aromatic N) is 1. The van der Waals surface area contributed by atoms with Gasteiger partial charge >= 0.3 is 5.97 Å². The number of aromatic carboxylic acids is 1. The quantitative estimate of drug-likeness (QED) is 0.0518. The van der Waals surface area contributed by atoms with Gasteiger partial charge in [0.1, 0.15) is 10.6 Å². The average molecular weight is 680 g/mol. The minimum Gasteiger partial charge on any atom is -0.478 e. The largest absolute Gasteiger partial charge is 0.478 e. The molecular formula is C36H42ClN3O6S. The van der Waals surface area contributed by atoms with E-state index in [4.69, 9.17) is 16.3 Å². The average Bonchev–Trinajstić information content (AvgIpc) is 3.65. The Labute approximate surface area is 284 Å². The minimum atomic E-state index is -1.66. The van der Waals surface area contributed by atoms with Gasteiger partial charge in [-0.25, -0.2) is 4.79 Å². The van der Waals surface area contributed by atoms with E-state index in [2.05, 4.69) is 17.6 Å². The molecule has 0 aliphatic carbocycles. The lowest BCUT2D eigenvalue weighted by Gasteiger charge is -2.19. The SMILES string of the molecule is CCCCCCCCCCCCNC(=O)c1ccc(NC(=O)C(Oc2cccc(C(=O)O)c2)C(=O)c2cn3ccsc3c2C)c(Cl)c1. The molecule has 11 heteroatoms. The standard InChI is InChI=1S/C36H42ClN3O6S/c1-3-4-5-6-7-8-9-10-11-12-18-38-33(42)25-16-17-30(29(37)22-25)39-34(43)32(46-27-15-13-14-26(21-27)36(44)45)31(41)28-23-40-19-20-47-35(40)24(28)2/h13-17,19-23,32H,3-12,18H2,1-2H3,(H,38,42)(H,39,43)(H,44,45). The van der Waals surface area contributed by atoms with Gasteiger partial charge in [-0.15, -0.1) is 11.3 Å². The van der Waals surface area contributed by atoms with E-state index >= 15 is 0 Å². The van der Waals surface area contributed by atoms with Gasteiger partial charge in [0.2, 0.25) is 11.9 Å². The van der Waals surface area contributed by atoms with Gasteiger partial charge in [0, 0.05) is 35.4 Å². The van der Waals surface area contributed by atoms with Crippen molar-refractivity contribution in [3.8, 4) is 5.75 Å². The van der Waals surface area contributed by atoms with Crippen LogP contribution in [0.3, 0.4) is 0 Å². The Morgan fingerprint density at radius 1 is 0.936 bits per heavy atom. The van der Waals surface area contributed by atoms with Gasteiger partial charge < -0.3 is 24.9 Å². The molecule has 0 fully saturated rings. The third-order valence-corrected chi connectivity index (χ3v) is 9.32. The highest BCUT2D eigenvalue weighted by molar-refractivity contribution is 7.15. The van der Waals surface area contributed by atoms with E-state index in [1.807, 2.05) is 11.6 Å². The molecule has 9 nitrogen and oxygen atoms in total. The Bertz CT molecular complexity index is 1700. The van der Waals surface area contributed by atoms with E-state index in [0.29, 0.717) is 23.2 Å². The summed E-state index contributed by atoms with van der Waals surface area (Å²) in [5.74, 6) is -2.80. The van der Waals surface area contributed by atoms with Crippen LogP contribution in [0.4, 0.5) is 5.69 Å². The van der Waals surface area contributed by atoms with Crippen molar-refractivity contribution in [2.45, 2.75) is 84.2 Å². The number of anilines is 1. The molecular weight excluding hydrogens is 638 g/mol. The molecule has 2 amide bonds. The molecule has 1 atom stereocenters. The third-order valence-electron chi connectivity index (χ3n) is 8.01. The highest BCUT2D eigenvalue weighted by Gasteiger charge is 2.33. The number of hydrogen-bond acceptors (Lipinski definition) is 6. The van der Waals surface area contributed by atoms with Crippen LogP contribution in [0.2, 0.25) is 5.02 Å². The number of hydrogen-bond donors (Lipinski definition) is 3. The number of Topliss-reactive ketones (excluding diaryl/α,β-unsaturated/α-hetero) is 1. The van der Waals surface area contributed by atoms with Crippen LogP contribution in [0.5, 0.6) is 5.75 Å². The van der Waals surface area contributed by atoms with Crippen molar-refractivity contribution in [1.29, 1.82) is 0 Å². The number of thiazole rings is 1. The second kappa shape index (κ2) is 17.7. The van der Waals surface area contributed by atoms with E-state index in [1.54, 1.807) is 23.6 Å². The first-order valence-corrected chi connectivity index (χ1v) is 17.4. The smallest absolute Gasteiger partial charge is 0.335 e. The van der Waals surface area contributed by atoms with Crippen LogP contribution in [0.15, 0.2) is 60.2 Å². The number of nitrogens with one attached hydrogen (secondary N) is 2. The maximum Gasteiger partial charge on any atom is 0.335 e. The van der Waals surface area contributed by atoms with Crippen molar-refractivity contribution in [2.24, 2.45) is 0 Å². The van der Waals surface area contributed by atoms with Gasteiger partial charge in [-0.2, -0.15) is 0 Å². The summed E-state index contributed by atoms with van der Waals surface area (Å²) < 4.78 is 7.65. The summed E-state index contributed by atoms with van der Waals surface area (Å²) in [7, 11) is 0. The number of benzene rings is 2. The number of aryl methyl sites for hydroxylation is 1. The van der Waals surface area contributed by atoms with Crippen LogP contribution in [0, 0.1) is 6.92 Å². The fourth-order valence-corrected chi connectivity index (χ4v) is 6.42. The van der Waals surface area contributed by atoms with Crippen LogP contribution < -0.4 is 15.4 Å². The number of ketones is 1. The van der Waals surface area contributed by atoms with Crippen LogP contribution in [-0.4, -0.2) is 45.7 Å². The summed E-state index contributed by atoms with van der Waals surface area (Å²) in [6.07, 6.45) is 13.9. The zero-order chi connectivity index (χ0) is 33.8. The molecule has 0 radical (unpaired) electrons. The normalized spacial score (nSPS) is 11.7. The highest BCUT2D eigenvalue weighted by Crippen LogP contribution is 2.27. The number of fused-ring (bicyclic) bond motifs is 1. The Kier molecular flexibility index (Phi) is 13.4. The molecule has 3 N–H and O–H groups in total. The molecule has 4 aromatic rings. The van der Waals surface area contributed by atoms with E-state index in [9.17, 15) is 24.3 Å². The maximum absolute atomic E-state index is 13.8. The van der Waals surface area contributed by atoms with Crippen LogP contribution in [-0.2, 0) is 4.79 Å². The van der Waals surface area contributed by atoms with E-state index in [-0.39, 0.29) is 27.9 Å². The van der Waals surface area contributed by atoms with Gasteiger partial charge in [-0.05, 0) is 55.3 Å². The Morgan fingerprint density at radius 3 is 2.30 bits per heavy atom. The topological polar surface area (TPSA) is 126 Å². The molecule has 47 heavy (non-hydrogen) atoms. The van der Waals surface area contributed by atoms with Crippen LogP contribution >= 0.6 is 22.9 Å². The van der Waals surface area contributed by atoms with Gasteiger partial charge in [0.25, 0.3) is 11.8 Å². The number of unbranched alkanes of at least 4 members (excludes halogenated alkanes) is 9. The fraction of sp³-hybridized carbons (Fsp3) is 0.389. The second-order valence-electron chi connectivity index (χ2n) is 11.6. The second-order valence-corrected chi connectivity index (χ2v) is 12.9. The number of ether oxygens (including phenoxy) is 1. The molecule has 1 unspecified atom stereocenters. The van der Waals surface area contributed by atoms with Crippen LogP contribution in [0.25, 0.3) is 4.83 Å². The van der Waals surface area contributed by atoms with E-state index < -0.39 is 23.8 Å². The van der Waals surface area contributed by atoms with E-state index in [1.165, 1.54) is 92.7 Å². The third kappa shape index (κ3) is 9.92. The Morgan fingerprint density at radius 2 is 1.64 bits per heavy atom. The molecule has 0 aliphatic rings. The molecule has 0 saturated heterocycles. The molecule has 0 bridgehead atoms. The summed E-state index contributed by atoms with van der Waals surface area (Å²) in [4.78, 5) is 52.5. The van der Waals surface area contributed by atoms with Crippen molar-refractivity contribution >= 4 is 57.0 Å². The summed E-state index contributed by atoms with van der Waals surface area (Å²) in [5, 5.41) is 17.0. The van der Waals surface area contributed by atoms with Crippen molar-refractivity contribution in [2.75, 3.05) is 11.9 Å². The molecule has 0 saturated carbocycles. The van der Waals surface area contributed by atoms with Gasteiger partial charge in [-0.3, -0.25) is 14.4 Å². The highest BCUT2D eigenvalue weighted by atomic mass is 35.5. The van der Waals surface area contributed by atoms with E-state index in [0.717, 1.165) is 24.1 Å². The van der Waals surface area contributed by atoms with Crippen molar-refractivity contribution in [3.05, 3.63) is 87.5 Å². The Hall–Kier alpha value is -4.15. The Balaban J connectivity index is 1.37. The molecule has 0 aliphatic heterocycles. The number of carbonyl (C=O) groups is 4. The zero-order valence-electron chi connectivity index (χ0n) is 26.9. The van der Waals surface area contributed by atoms with Gasteiger partial charge in [-0.1, -0.05) is 82.4 Å².